The molecule has 1 aromatic carbocycles. The zero-order valence-electron chi connectivity index (χ0n) is 17.4. The summed E-state index contributed by atoms with van der Waals surface area (Å²) in [5.74, 6) is 1.26. The Labute approximate surface area is 170 Å². The summed E-state index contributed by atoms with van der Waals surface area (Å²) in [5, 5.41) is 3.75. The fourth-order valence-corrected chi connectivity index (χ4v) is 5.85. The highest BCUT2D eigenvalue weighted by Gasteiger charge is 2.40. The second kappa shape index (κ2) is 9.41. The summed E-state index contributed by atoms with van der Waals surface area (Å²) in [7, 11) is 1.45. The number of carbonyl (C=O) groups excluding carboxylic acids is 1. The SMILES string of the molecule is COC(=O)c1cccc(C2CC3CCC(C2)N3CCNCC2CCCCC2)c1. The molecule has 2 bridgehead atoms. The van der Waals surface area contributed by atoms with Crippen molar-refractivity contribution in [3.8, 4) is 0 Å². The number of ether oxygens (including phenoxy) is 1. The number of nitrogens with zero attached hydrogens (tertiary/aromatic N) is 1. The van der Waals surface area contributed by atoms with Crippen LogP contribution < -0.4 is 5.32 Å². The second-order valence-electron chi connectivity index (χ2n) is 9.12. The first kappa shape index (κ1) is 19.9. The van der Waals surface area contributed by atoms with Crippen molar-refractivity contribution >= 4 is 5.97 Å². The van der Waals surface area contributed by atoms with E-state index in [1.165, 1.54) is 83.6 Å². The maximum Gasteiger partial charge on any atom is 0.337 e. The number of benzene rings is 1. The first-order valence-electron chi connectivity index (χ1n) is 11.4. The van der Waals surface area contributed by atoms with Crippen LogP contribution in [-0.4, -0.2) is 49.7 Å². The third-order valence-corrected chi connectivity index (χ3v) is 7.37. The van der Waals surface area contributed by atoms with Crippen molar-refractivity contribution < 1.29 is 9.53 Å². The predicted octanol–water partition coefficient (Wildman–Crippen LogP) is 4.35. The highest BCUT2D eigenvalue weighted by molar-refractivity contribution is 5.89. The molecule has 0 radical (unpaired) electrons. The van der Waals surface area contributed by atoms with Gasteiger partial charge in [0.1, 0.15) is 0 Å². The lowest BCUT2D eigenvalue weighted by Gasteiger charge is -2.39. The Hall–Kier alpha value is -1.39. The third kappa shape index (κ3) is 4.60. The Kier molecular flexibility index (Phi) is 6.69. The molecule has 0 amide bonds. The molecule has 3 fully saturated rings. The third-order valence-electron chi connectivity index (χ3n) is 7.37. The number of fused-ring (bicyclic) bond motifs is 2. The number of methoxy groups -OCH3 is 1. The van der Waals surface area contributed by atoms with E-state index in [2.05, 4.69) is 22.3 Å². The van der Waals surface area contributed by atoms with Gasteiger partial charge in [0.05, 0.1) is 12.7 Å². The molecule has 1 saturated carbocycles. The monoisotopic (exact) mass is 384 g/mol. The number of rotatable bonds is 7. The molecule has 1 N–H and O–H groups in total. The summed E-state index contributed by atoms with van der Waals surface area (Å²) in [5.41, 5.74) is 2.00. The van der Waals surface area contributed by atoms with Crippen molar-refractivity contribution in [2.45, 2.75) is 75.8 Å². The van der Waals surface area contributed by atoms with Gasteiger partial charge in [0, 0.05) is 25.2 Å². The van der Waals surface area contributed by atoms with Gasteiger partial charge in [-0.1, -0.05) is 31.4 Å². The van der Waals surface area contributed by atoms with Crippen LogP contribution in [0.4, 0.5) is 0 Å². The van der Waals surface area contributed by atoms with Crippen LogP contribution in [0.1, 0.15) is 79.6 Å². The van der Waals surface area contributed by atoms with Gasteiger partial charge in [-0.3, -0.25) is 4.90 Å². The van der Waals surface area contributed by atoms with Crippen LogP contribution in [0.25, 0.3) is 0 Å². The minimum atomic E-state index is -0.230. The topological polar surface area (TPSA) is 41.6 Å². The summed E-state index contributed by atoms with van der Waals surface area (Å²) in [4.78, 5) is 14.6. The smallest absolute Gasteiger partial charge is 0.337 e. The molecule has 2 saturated heterocycles. The van der Waals surface area contributed by atoms with Crippen molar-refractivity contribution in [2.24, 2.45) is 5.92 Å². The van der Waals surface area contributed by atoms with Gasteiger partial charge < -0.3 is 10.1 Å². The van der Waals surface area contributed by atoms with Crippen LogP contribution in [0, 0.1) is 5.92 Å². The summed E-state index contributed by atoms with van der Waals surface area (Å²) in [6.07, 6.45) is 12.3. The largest absolute Gasteiger partial charge is 0.465 e. The Balaban J connectivity index is 1.28. The van der Waals surface area contributed by atoms with Crippen molar-refractivity contribution in [2.75, 3.05) is 26.7 Å². The van der Waals surface area contributed by atoms with Crippen molar-refractivity contribution in [3.63, 3.8) is 0 Å². The summed E-state index contributed by atoms with van der Waals surface area (Å²) in [6.45, 7) is 3.54. The molecule has 0 aromatic heterocycles. The molecule has 1 aromatic rings. The van der Waals surface area contributed by atoms with Crippen LogP contribution in [0.3, 0.4) is 0 Å². The molecule has 2 aliphatic heterocycles. The average molecular weight is 385 g/mol. The van der Waals surface area contributed by atoms with E-state index in [1.807, 2.05) is 12.1 Å². The van der Waals surface area contributed by atoms with Crippen LogP contribution >= 0.6 is 0 Å². The van der Waals surface area contributed by atoms with Crippen LogP contribution in [0.2, 0.25) is 0 Å². The molecule has 4 rings (SSSR count). The lowest BCUT2D eigenvalue weighted by Crippen LogP contribution is -2.45. The molecule has 28 heavy (non-hydrogen) atoms. The van der Waals surface area contributed by atoms with Gasteiger partial charge in [-0.05, 0) is 74.6 Å². The van der Waals surface area contributed by atoms with Crippen molar-refractivity contribution in [1.82, 2.24) is 10.2 Å². The average Bonchev–Trinajstić information content (AvgIpc) is 2.98. The maximum atomic E-state index is 11.9. The minimum absolute atomic E-state index is 0.230. The fraction of sp³-hybridized carbons (Fsp3) is 0.708. The first-order valence-corrected chi connectivity index (χ1v) is 11.4. The number of piperidine rings is 1. The zero-order chi connectivity index (χ0) is 19.3. The van der Waals surface area contributed by atoms with E-state index in [-0.39, 0.29) is 5.97 Å². The van der Waals surface area contributed by atoms with Crippen molar-refractivity contribution in [1.29, 1.82) is 0 Å². The Morgan fingerprint density at radius 3 is 2.57 bits per heavy atom. The fourth-order valence-electron chi connectivity index (χ4n) is 5.85. The van der Waals surface area contributed by atoms with E-state index in [1.54, 1.807) is 0 Å². The standard InChI is InChI=1S/C24H36N2O2/c1-28-24(27)20-9-5-8-19(14-20)21-15-22-10-11-23(16-21)26(22)13-12-25-17-18-6-3-2-4-7-18/h5,8-9,14,18,21-23,25H,2-4,6-7,10-13,15-17H2,1H3. The normalized spacial score (nSPS) is 28.4. The van der Waals surface area contributed by atoms with E-state index < -0.39 is 0 Å². The lowest BCUT2D eigenvalue weighted by molar-refractivity contribution is 0.0600. The zero-order valence-corrected chi connectivity index (χ0v) is 17.4. The van der Waals surface area contributed by atoms with E-state index in [0.29, 0.717) is 23.6 Å². The van der Waals surface area contributed by atoms with E-state index >= 15 is 0 Å². The molecule has 2 unspecified atom stereocenters. The molecule has 2 atom stereocenters. The maximum absolute atomic E-state index is 11.9. The Bertz CT molecular complexity index is 642. The van der Waals surface area contributed by atoms with E-state index in [9.17, 15) is 4.79 Å². The highest BCUT2D eigenvalue weighted by Crippen LogP contribution is 2.42. The first-order chi connectivity index (χ1) is 13.7. The van der Waals surface area contributed by atoms with E-state index in [4.69, 9.17) is 4.74 Å². The molecule has 154 valence electrons. The predicted molar refractivity (Wildman–Crippen MR) is 113 cm³/mol. The minimum Gasteiger partial charge on any atom is -0.465 e. The molecule has 1 aliphatic carbocycles. The van der Waals surface area contributed by atoms with Crippen LogP contribution in [-0.2, 0) is 4.74 Å². The summed E-state index contributed by atoms with van der Waals surface area (Å²) in [6, 6.07) is 9.53. The highest BCUT2D eigenvalue weighted by atomic mass is 16.5. The van der Waals surface area contributed by atoms with Gasteiger partial charge in [0.15, 0.2) is 0 Å². The second-order valence-corrected chi connectivity index (χ2v) is 9.12. The van der Waals surface area contributed by atoms with Gasteiger partial charge in [-0.2, -0.15) is 0 Å². The summed E-state index contributed by atoms with van der Waals surface area (Å²) >= 11 is 0. The van der Waals surface area contributed by atoms with Gasteiger partial charge in [-0.25, -0.2) is 4.79 Å². The van der Waals surface area contributed by atoms with Gasteiger partial charge in [0.25, 0.3) is 0 Å². The number of nitrogens with one attached hydrogen (secondary N) is 1. The van der Waals surface area contributed by atoms with Gasteiger partial charge >= 0.3 is 5.97 Å². The van der Waals surface area contributed by atoms with Crippen molar-refractivity contribution in [3.05, 3.63) is 35.4 Å². The molecular formula is C24H36N2O2. The van der Waals surface area contributed by atoms with Crippen LogP contribution in [0.5, 0.6) is 0 Å². The molecule has 2 heterocycles. The molecular weight excluding hydrogens is 348 g/mol. The molecule has 4 nitrogen and oxygen atoms in total. The van der Waals surface area contributed by atoms with Gasteiger partial charge in [-0.15, -0.1) is 0 Å². The number of hydrogen-bond acceptors (Lipinski definition) is 4. The molecule has 3 aliphatic rings. The Morgan fingerprint density at radius 2 is 1.86 bits per heavy atom. The Morgan fingerprint density at radius 1 is 1.11 bits per heavy atom. The van der Waals surface area contributed by atoms with Crippen LogP contribution in [0.15, 0.2) is 24.3 Å². The number of esters is 1. The quantitative estimate of drug-likeness (QED) is 0.560. The van der Waals surface area contributed by atoms with E-state index in [0.717, 1.165) is 12.5 Å². The van der Waals surface area contributed by atoms with Gasteiger partial charge in [0.2, 0.25) is 0 Å². The number of carbonyl (C=O) groups is 1. The number of hydrogen-bond donors (Lipinski definition) is 1. The molecule has 0 spiro atoms. The lowest BCUT2D eigenvalue weighted by atomic mass is 9.84. The summed E-state index contributed by atoms with van der Waals surface area (Å²) < 4.78 is 4.89. The molecule has 4 heteroatoms.